The Kier molecular flexibility index (Phi) is 3.22. The Morgan fingerprint density at radius 2 is 2.00 bits per heavy atom. The van der Waals surface area contributed by atoms with Crippen LogP contribution in [0.2, 0.25) is 10.2 Å². The number of pyridine rings is 1. The molecule has 0 spiro atoms. The quantitative estimate of drug-likeness (QED) is 0.616. The minimum Gasteiger partial charge on any atom is -0.241 e. The summed E-state index contributed by atoms with van der Waals surface area (Å²) >= 11 is 11.7. The van der Waals surface area contributed by atoms with Gasteiger partial charge in [0.05, 0.1) is 0 Å². The molecule has 0 saturated heterocycles. The zero-order chi connectivity index (χ0) is 7.84. The number of halogens is 3. The van der Waals surface area contributed by atoms with Gasteiger partial charge in [-0.3, -0.25) is 0 Å². The van der Waals surface area contributed by atoms with E-state index in [1.54, 1.807) is 6.07 Å². The van der Waals surface area contributed by atoms with E-state index < -0.39 is 0 Å². The van der Waals surface area contributed by atoms with E-state index in [4.69, 9.17) is 23.2 Å². The lowest BCUT2D eigenvalue weighted by molar-refractivity contribution is 0.899. The molecule has 1 nitrogen and oxygen atoms in total. The van der Waals surface area contributed by atoms with Gasteiger partial charge in [-0.05, 0) is 30.9 Å². The Bertz CT molecular complexity index is 299. The molecular formula is C8H8Cl3N. The third-order valence-electron chi connectivity index (χ3n) is 1.96. The van der Waals surface area contributed by atoms with Gasteiger partial charge in [0, 0.05) is 10.7 Å². The van der Waals surface area contributed by atoms with E-state index >= 15 is 0 Å². The Hall–Kier alpha value is 0.0200. The maximum atomic E-state index is 5.95. The molecule has 0 saturated carbocycles. The first-order chi connectivity index (χ1) is 5.27. The molecule has 1 aliphatic rings. The number of aromatic nitrogens is 1. The zero-order valence-corrected chi connectivity index (χ0v) is 8.64. The van der Waals surface area contributed by atoms with Gasteiger partial charge in [-0.2, -0.15) is 0 Å². The van der Waals surface area contributed by atoms with Gasteiger partial charge in [-0.1, -0.05) is 23.2 Å². The molecule has 0 amide bonds. The third-order valence-corrected chi connectivity index (χ3v) is 2.50. The summed E-state index contributed by atoms with van der Waals surface area (Å²) in [5.74, 6) is 0. The van der Waals surface area contributed by atoms with Gasteiger partial charge in [-0.15, -0.1) is 12.4 Å². The predicted octanol–water partition coefficient (Wildman–Crippen LogP) is 3.30. The van der Waals surface area contributed by atoms with E-state index in [1.165, 1.54) is 5.56 Å². The molecule has 0 atom stereocenters. The van der Waals surface area contributed by atoms with Crippen molar-refractivity contribution in [3.8, 4) is 0 Å². The van der Waals surface area contributed by atoms with Crippen LogP contribution in [0.3, 0.4) is 0 Å². The molecule has 0 bridgehead atoms. The number of hydrogen-bond acceptors (Lipinski definition) is 1. The fourth-order valence-electron chi connectivity index (χ4n) is 1.46. The van der Waals surface area contributed by atoms with E-state index in [0.29, 0.717) is 5.15 Å². The van der Waals surface area contributed by atoms with Crippen LogP contribution < -0.4 is 0 Å². The van der Waals surface area contributed by atoms with Gasteiger partial charge >= 0.3 is 0 Å². The second-order valence-electron chi connectivity index (χ2n) is 2.71. The first-order valence-electron chi connectivity index (χ1n) is 3.61. The van der Waals surface area contributed by atoms with Crippen molar-refractivity contribution in [1.29, 1.82) is 0 Å². The Balaban J connectivity index is 0.000000720. The van der Waals surface area contributed by atoms with Crippen molar-refractivity contribution >= 4 is 35.6 Å². The van der Waals surface area contributed by atoms with Gasteiger partial charge in [0.15, 0.2) is 0 Å². The minimum atomic E-state index is 0. The van der Waals surface area contributed by atoms with Crippen LogP contribution in [0.5, 0.6) is 0 Å². The van der Waals surface area contributed by atoms with Gasteiger partial charge < -0.3 is 0 Å². The van der Waals surface area contributed by atoms with Crippen LogP contribution >= 0.6 is 35.6 Å². The van der Waals surface area contributed by atoms with Crippen molar-refractivity contribution in [2.24, 2.45) is 0 Å². The topological polar surface area (TPSA) is 12.9 Å². The average Bonchev–Trinajstić information content (AvgIpc) is 2.34. The van der Waals surface area contributed by atoms with E-state index in [1.807, 2.05) is 0 Å². The molecule has 4 heteroatoms. The van der Waals surface area contributed by atoms with Crippen LogP contribution in [-0.4, -0.2) is 4.98 Å². The number of fused-ring (bicyclic) bond motifs is 1. The average molecular weight is 225 g/mol. The smallest absolute Gasteiger partial charge is 0.130 e. The molecule has 0 aliphatic heterocycles. The summed E-state index contributed by atoms with van der Waals surface area (Å²) in [5, 5.41) is 1.29. The van der Waals surface area contributed by atoms with Gasteiger partial charge in [-0.25, -0.2) is 4.98 Å². The minimum absolute atomic E-state index is 0. The van der Waals surface area contributed by atoms with Crippen LogP contribution in [0.1, 0.15) is 17.7 Å². The fourth-order valence-corrected chi connectivity index (χ4v) is 2.04. The van der Waals surface area contributed by atoms with Gasteiger partial charge in [0.25, 0.3) is 0 Å². The standard InChI is InChI=1S/C8H7Cl2N.ClH/c9-6-4-8(10)11-7-3-1-2-5(6)7;/h4H,1-3H2;1H. The summed E-state index contributed by atoms with van der Waals surface area (Å²) in [7, 11) is 0. The molecule has 1 aliphatic carbocycles. The third kappa shape index (κ3) is 1.68. The lowest BCUT2D eigenvalue weighted by atomic mass is 10.2. The number of nitrogens with zero attached hydrogens (tertiary/aromatic N) is 1. The van der Waals surface area contributed by atoms with Crippen molar-refractivity contribution < 1.29 is 0 Å². The highest BCUT2D eigenvalue weighted by molar-refractivity contribution is 6.34. The van der Waals surface area contributed by atoms with Crippen molar-refractivity contribution in [1.82, 2.24) is 4.98 Å². The molecule has 1 aromatic heterocycles. The molecule has 1 aromatic rings. The first-order valence-corrected chi connectivity index (χ1v) is 4.37. The molecular weight excluding hydrogens is 216 g/mol. The second kappa shape index (κ2) is 3.82. The SMILES string of the molecule is Cl.Clc1cc(Cl)c2c(n1)CCC2. The molecule has 1 heterocycles. The van der Waals surface area contributed by atoms with E-state index in [-0.39, 0.29) is 12.4 Å². The van der Waals surface area contributed by atoms with E-state index in [9.17, 15) is 0 Å². The molecule has 0 unspecified atom stereocenters. The van der Waals surface area contributed by atoms with Crippen LogP contribution in [0.25, 0.3) is 0 Å². The predicted molar refractivity (Wildman–Crippen MR) is 53.5 cm³/mol. The summed E-state index contributed by atoms with van der Waals surface area (Å²) in [5.41, 5.74) is 2.28. The lowest BCUT2D eigenvalue weighted by Gasteiger charge is -2.00. The van der Waals surface area contributed by atoms with Crippen molar-refractivity contribution in [3.63, 3.8) is 0 Å². The molecule has 66 valence electrons. The maximum absolute atomic E-state index is 5.95. The van der Waals surface area contributed by atoms with Crippen LogP contribution in [-0.2, 0) is 12.8 Å². The Morgan fingerprint density at radius 3 is 2.75 bits per heavy atom. The molecule has 2 rings (SSSR count). The van der Waals surface area contributed by atoms with E-state index in [0.717, 1.165) is 30.0 Å². The zero-order valence-electron chi connectivity index (χ0n) is 6.31. The highest BCUT2D eigenvalue weighted by Gasteiger charge is 2.15. The summed E-state index contributed by atoms with van der Waals surface area (Å²) in [6.07, 6.45) is 3.23. The highest BCUT2D eigenvalue weighted by atomic mass is 35.5. The summed E-state index contributed by atoms with van der Waals surface area (Å²) in [6.45, 7) is 0. The van der Waals surface area contributed by atoms with Gasteiger partial charge in [0.1, 0.15) is 5.15 Å². The molecule has 0 aromatic carbocycles. The molecule has 0 radical (unpaired) electrons. The number of aryl methyl sites for hydroxylation is 1. The van der Waals surface area contributed by atoms with Crippen molar-refractivity contribution in [2.75, 3.05) is 0 Å². The van der Waals surface area contributed by atoms with Crippen LogP contribution in [0, 0.1) is 0 Å². The maximum Gasteiger partial charge on any atom is 0.130 e. The summed E-state index contributed by atoms with van der Waals surface area (Å²) in [4.78, 5) is 4.20. The van der Waals surface area contributed by atoms with Crippen LogP contribution in [0.15, 0.2) is 6.07 Å². The largest absolute Gasteiger partial charge is 0.241 e. The monoisotopic (exact) mass is 223 g/mol. The fraction of sp³-hybridized carbons (Fsp3) is 0.375. The Morgan fingerprint density at radius 1 is 1.25 bits per heavy atom. The molecule has 0 N–H and O–H groups in total. The van der Waals surface area contributed by atoms with Crippen molar-refractivity contribution in [3.05, 3.63) is 27.5 Å². The van der Waals surface area contributed by atoms with Crippen molar-refractivity contribution in [2.45, 2.75) is 19.3 Å². The first kappa shape index (κ1) is 10.1. The van der Waals surface area contributed by atoms with E-state index in [2.05, 4.69) is 4.98 Å². The van der Waals surface area contributed by atoms with Gasteiger partial charge in [0.2, 0.25) is 0 Å². The second-order valence-corrected chi connectivity index (χ2v) is 3.50. The highest BCUT2D eigenvalue weighted by Crippen LogP contribution is 2.29. The molecule has 0 fully saturated rings. The summed E-state index contributed by atoms with van der Waals surface area (Å²) in [6, 6.07) is 1.72. The molecule has 12 heavy (non-hydrogen) atoms. The van der Waals surface area contributed by atoms with Crippen LogP contribution in [0.4, 0.5) is 0 Å². The Labute approximate surface area is 87.5 Å². The normalized spacial score (nSPS) is 13.8. The summed E-state index contributed by atoms with van der Waals surface area (Å²) < 4.78 is 0. The number of hydrogen-bond donors (Lipinski definition) is 0. The number of rotatable bonds is 0. The lowest BCUT2D eigenvalue weighted by Crippen LogP contribution is -1.88.